The maximum atomic E-state index is 12.5. The average Bonchev–Trinajstić information content (AvgIpc) is 3.15. The first kappa shape index (κ1) is 21.3. The van der Waals surface area contributed by atoms with E-state index in [2.05, 4.69) is 16.9 Å². The molecule has 162 valence electrons. The number of carbonyl (C=O) groups is 1. The van der Waals surface area contributed by atoms with Crippen LogP contribution in [0, 0.1) is 0 Å². The van der Waals surface area contributed by atoms with E-state index in [1.165, 1.54) is 17.7 Å². The van der Waals surface area contributed by atoms with Crippen LogP contribution in [0.2, 0.25) is 0 Å². The number of aromatic nitrogens is 1. The summed E-state index contributed by atoms with van der Waals surface area (Å²) in [5.41, 5.74) is 4.89. The highest BCUT2D eigenvalue weighted by atomic mass is 19.3. The number of nitrogens with zero attached hydrogens (tertiary/aromatic N) is 1. The molecule has 0 aliphatic heterocycles. The van der Waals surface area contributed by atoms with Crippen molar-refractivity contribution in [2.45, 2.75) is 19.5 Å². The third-order valence-electron chi connectivity index (χ3n) is 5.20. The molecule has 1 N–H and O–H groups in total. The van der Waals surface area contributed by atoms with E-state index in [0.717, 1.165) is 46.6 Å². The summed E-state index contributed by atoms with van der Waals surface area (Å²) in [5, 5.41) is 9.95. The standard InChI is InChI=1S/C26H21F2NO3/c27-26(28)32-22-12-10-21(11-13-22)29-17-20(9-6-18-4-2-1-3-5-18)23-16-19(7-14-24(23)29)8-15-25(30)31/h1-5,7-8,10-17,26H,6,9H2,(H,30,31). The Hall–Kier alpha value is -3.93. The van der Waals surface area contributed by atoms with Gasteiger partial charge in [0.05, 0.1) is 5.52 Å². The summed E-state index contributed by atoms with van der Waals surface area (Å²) in [5.74, 6) is -0.899. The van der Waals surface area contributed by atoms with Crippen molar-refractivity contribution in [3.63, 3.8) is 0 Å². The maximum absolute atomic E-state index is 12.5. The normalized spacial score (nSPS) is 11.5. The Morgan fingerprint density at radius 1 is 1.00 bits per heavy atom. The molecule has 1 aromatic heterocycles. The van der Waals surface area contributed by atoms with Gasteiger partial charge in [-0.15, -0.1) is 0 Å². The molecule has 4 rings (SSSR count). The van der Waals surface area contributed by atoms with Crippen LogP contribution in [-0.4, -0.2) is 22.3 Å². The molecule has 4 nitrogen and oxygen atoms in total. The van der Waals surface area contributed by atoms with Gasteiger partial charge in [-0.3, -0.25) is 0 Å². The van der Waals surface area contributed by atoms with E-state index in [0.29, 0.717) is 0 Å². The van der Waals surface area contributed by atoms with Crippen LogP contribution in [-0.2, 0) is 17.6 Å². The molecule has 32 heavy (non-hydrogen) atoms. The van der Waals surface area contributed by atoms with E-state index >= 15 is 0 Å². The largest absolute Gasteiger partial charge is 0.478 e. The second kappa shape index (κ2) is 9.47. The number of benzene rings is 3. The van der Waals surface area contributed by atoms with Gasteiger partial charge < -0.3 is 14.4 Å². The Kier molecular flexibility index (Phi) is 6.31. The van der Waals surface area contributed by atoms with Crippen molar-refractivity contribution < 1.29 is 23.4 Å². The van der Waals surface area contributed by atoms with Gasteiger partial charge in [-0.2, -0.15) is 8.78 Å². The summed E-state index contributed by atoms with van der Waals surface area (Å²) in [6, 6.07) is 22.4. The molecule has 1 heterocycles. The van der Waals surface area contributed by atoms with Crippen LogP contribution in [0.4, 0.5) is 8.78 Å². The van der Waals surface area contributed by atoms with Crippen LogP contribution in [0.3, 0.4) is 0 Å². The lowest BCUT2D eigenvalue weighted by molar-refractivity contribution is -0.131. The summed E-state index contributed by atoms with van der Waals surface area (Å²) < 4.78 is 31.4. The van der Waals surface area contributed by atoms with Gasteiger partial charge in [0.15, 0.2) is 0 Å². The number of hydrogen-bond donors (Lipinski definition) is 1. The van der Waals surface area contributed by atoms with E-state index in [9.17, 15) is 13.6 Å². The number of fused-ring (bicyclic) bond motifs is 1. The number of halogens is 2. The van der Waals surface area contributed by atoms with Gasteiger partial charge in [0.25, 0.3) is 0 Å². The topological polar surface area (TPSA) is 51.5 Å². The van der Waals surface area contributed by atoms with Gasteiger partial charge in [-0.25, -0.2) is 4.79 Å². The zero-order valence-electron chi connectivity index (χ0n) is 17.1. The molecule has 0 atom stereocenters. The number of aliphatic carboxylic acids is 1. The van der Waals surface area contributed by atoms with Crippen molar-refractivity contribution in [2.24, 2.45) is 0 Å². The minimum absolute atomic E-state index is 0.102. The molecule has 0 amide bonds. The van der Waals surface area contributed by atoms with Gasteiger partial charge in [-0.1, -0.05) is 36.4 Å². The number of aryl methyl sites for hydroxylation is 2. The molecule has 0 aliphatic rings. The highest BCUT2D eigenvalue weighted by molar-refractivity contribution is 5.90. The van der Waals surface area contributed by atoms with Crippen LogP contribution in [0.1, 0.15) is 16.7 Å². The average molecular weight is 433 g/mol. The van der Waals surface area contributed by atoms with Crippen molar-refractivity contribution >= 4 is 22.9 Å². The van der Waals surface area contributed by atoms with Crippen molar-refractivity contribution in [2.75, 3.05) is 0 Å². The van der Waals surface area contributed by atoms with E-state index < -0.39 is 12.6 Å². The number of alkyl halides is 2. The van der Waals surface area contributed by atoms with Crippen molar-refractivity contribution in [1.82, 2.24) is 4.57 Å². The molecule has 0 bridgehead atoms. The minimum Gasteiger partial charge on any atom is -0.478 e. The first-order valence-electron chi connectivity index (χ1n) is 10.1. The predicted octanol–water partition coefficient (Wildman–Crippen LogP) is 6.11. The van der Waals surface area contributed by atoms with Gasteiger partial charge in [-0.05, 0) is 72.0 Å². The molecule has 0 aliphatic carbocycles. The Bertz CT molecular complexity index is 1250. The summed E-state index contributed by atoms with van der Waals surface area (Å²) in [7, 11) is 0. The van der Waals surface area contributed by atoms with Crippen molar-refractivity contribution in [3.8, 4) is 11.4 Å². The first-order chi connectivity index (χ1) is 15.5. The quantitative estimate of drug-likeness (QED) is 0.341. The number of carboxylic acids is 1. The number of hydrogen-bond acceptors (Lipinski definition) is 2. The highest BCUT2D eigenvalue weighted by Gasteiger charge is 2.12. The first-order valence-corrected chi connectivity index (χ1v) is 10.1. The number of carboxylic acid groups (broad SMARTS) is 1. The third kappa shape index (κ3) is 5.03. The van der Waals surface area contributed by atoms with E-state index in [-0.39, 0.29) is 5.75 Å². The summed E-state index contributed by atoms with van der Waals surface area (Å²) in [4.78, 5) is 10.9. The summed E-state index contributed by atoms with van der Waals surface area (Å²) >= 11 is 0. The lowest BCUT2D eigenvalue weighted by Gasteiger charge is -2.08. The van der Waals surface area contributed by atoms with Crippen molar-refractivity contribution in [3.05, 3.63) is 102 Å². The van der Waals surface area contributed by atoms with Crippen LogP contribution < -0.4 is 4.74 Å². The summed E-state index contributed by atoms with van der Waals surface area (Å²) in [6.45, 7) is -2.87. The van der Waals surface area contributed by atoms with Crippen molar-refractivity contribution in [1.29, 1.82) is 0 Å². The zero-order valence-corrected chi connectivity index (χ0v) is 17.1. The molecule has 3 aromatic carbocycles. The van der Waals surface area contributed by atoms with E-state index in [1.807, 2.05) is 47.2 Å². The molecule has 6 heteroatoms. The Morgan fingerprint density at radius 2 is 1.75 bits per heavy atom. The number of ether oxygens (including phenoxy) is 1. The van der Waals surface area contributed by atoms with Gasteiger partial charge in [0.2, 0.25) is 0 Å². The lowest BCUT2D eigenvalue weighted by Crippen LogP contribution is -2.02. The van der Waals surface area contributed by atoms with Gasteiger partial charge >= 0.3 is 12.6 Å². The SMILES string of the molecule is O=C(O)C=Cc1ccc2c(c1)c(CCc1ccccc1)cn2-c1ccc(OC(F)F)cc1. The molecule has 0 unspecified atom stereocenters. The molecule has 0 radical (unpaired) electrons. The van der Waals surface area contributed by atoms with Gasteiger partial charge in [0, 0.05) is 23.3 Å². The second-order valence-corrected chi connectivity index (χ2v) is 7.33. The fraction of sp³-hybridized carbons (Fsp3) is 0.115. The Balaban J connectivity index is 1.72. The molecular weight excluding hydrogens is 412 g/mol. The van der Waals surface area contributed by atoms with E-state index in [1.54, 1.807) is 18.2 Å². The zero-order chi connectivity index (χ0) is 22.5. The van der Waals surface area contributed by atoms with Crippen LogP contribution in [0.15, 0.2) is 85.1 Å². The molecule has 0 saturated heterocycles. The molecule has 4 aromatic rings. The van der Waals surface area contributed by atoms with Crippen LogP contribution in [0.5, 0.6) is 5.75 Å². The fourth-order valence-electron chi connectivity index (χ4n) is 3.71. The Morgan fingerprint density at radius 3 is 2.44 bits per heavy atom. The minimum atomic E-state index is -2.87. The fourth-order valence-corrected chi connectivity index (χ4v) is 3.71. The molecule has 0 fully saturated rings. The highest BCUT2D eigenvalue weighted by Crippen LogP contribution is 2.29. The lowest BCUT2D eigenvalue weighted by atomic mass is 10.0. The van der Waals surface area contributed by atoms with Crippen LogP contribution >= 0.6 is 0 Å². The molecular formula is C26H21F2NO3. The molecule has 0 saturated carbocycles. The van der Waals surface area contributed by atoms with Crippen LogP contribution in [0.25, 0.3) is 22.7 Å². The third-order valence-corrected chi connectivity index (χ3v) is 5.20. The monoisotopic (exact) mass is 433 g/mol. The van der Waals surface area contributed by atoms with Gasteiger partial charge in [0.1, 0.15) is 5.75 Å². The van der Waals surface area contributed by atoms with E-state index in [4.69, 9.17) is 5.11 Å². The molecule has 0 spiro atoms. The Labute approximate surface area is 184 Å². The maximum Gasteiger partial charge on any atom is 0.387 e. The smallest absolute Gasteiger partial charge is 0.387 e. The predicted molar refractivity (Wildman–Crippen MR) is 120 cm³/mol. The second-order valence-electron chi connectivity index (χ2n) is 7.33. The summed E-state index contributed by atoms with van der Waals surface area (Å²) in [6.07, 6.45) is 6.38. The number of rotatable bonds is 8.